The molecule has 0 amide bonds. The first-order valence-electron chi connectivity index (χ1n) is 10.2. The van der Waals surface area contributed by atoms with E-state index in [9.17, 15) is 9.59 Å². The van der Waals surface area contributed by atoms with Crippen LogP contribution in [0.2, 0.25) is 0 Å². The molecule has 2 aromatic rings. The number of rotatable bonds is 3. The highest BCUT2D eigenvalue weighted by Crippen LogP contribution is 2.47. The SMILES string of the molecule is O=Cc1cc2c(cc1C=O)[C@H]1c3sc(C4CCCCC4)cc3CN[C@@H]1CC2. The van der Waals surface area contributed by atoms with E-state index >= 15 is 0 Å². The second-order valence-electron chi connectivity index (χ2n) is 8.29. The van der Waals surface area contributed by atoms with Gasteiger partial charge >= 0.3 is 0 Å². The van der Waals surface area contributed by atoms with Crippen LogP contribution in [0.3, 0.4) is 0 Å². The van der Waals surface area contributed by atoms with E-state index in [1.54, 1.807) is 4.88 Å². The maximum absolute atomic E-state index is 11.5. The van der Waals surface area contributed by atoms with Crippen LogP contribution in [-0.4, -0.2) is 18.6 Å². The third-order valence-electron chi connectivity index (χ3n) is 6.77. The van der Waals surface area contributed by atoms with Gasteiger partial charge in [-0.2, -0.15) is 0 Å². The number of fused-ring (bicyclic) bond motifs is 5. The quantitative estimate of drug-likeness (QED) is 0.766. The van der Waals surface area contributed by atoms with Gasteiger partial charge in [0.1, 0.15) is 0 Å². The van der Waals surface area contributed by atoms with Gasteiger partial charge in [-0.1, -0.05) is 19.3 Å². The van der Waals surface area contributed by atoms with Gasteiger partial charge in [0.05, 0.1) is 0 Å². The monoisotopic (exact) mass is 379 g/mol. The van der Waals surface area contributed by atoms with E-state index in [2.05, 4.69) is 11.4 Å². The number of carbonyl (C=O) groups excluding carboxylic acids is 2. The van der Waals surface area contributed by atoms with Crippen molar-refractivity contribution in [2.24, 2.45) is 0 Å². The van der Waals surface area contributed by atoms with Gasteiger partial charge in [-0.3, -0.25) is 9.59 Å². The summed E-state index contributed by atoms with van der Waals surface area (Å²) in [5.74, 6) is 1.05. The lowest BCUT2D eigenvalue weighted by atomic mass is 9.74. The van der Waals surface area contributed by atoms with Crippen molar-refractivity contribution in [2.45, 2.75) is 69.4 Å². The Bertz CT molecular complexity index is 894. The number of carbonyl (C=O) groups is 2. The predicted octanol–water partition coefficient (Wildman–Crippen LogP) is 4.97. The Hall–Kier alpha value is -1.78. The molecule has 1 aromatic carbocycles. The first-order valence-corrected chi connectivity index (χ1v) is 11.0. The average molecular weight is 380 g/mol. The summed E-state index contributed by atoms with van der Waals surface area (Å²) in [7, 11) is 0. The van der Waals surface area contributed by atoms with E-state index in [0.29, 0.717) is 23.1 Å². The fourth-order valence-electron chi connectivity index (χ4n) is 5.34. The Morgan fingerprint density at radius 3 is 2.48 bits per heavy atom. The van der Waals surface area contributed by atoms with Crippen molar-refractivity contribution in [1.82, 2.24) is 5.32 Å². The summed E-state index contributed by atoms with van der Waals surface area (Å²) in [6, 6.07) is 6.82. The van der Waals surface area contributed by atoms with Crippen molar-refractivity contribution in [2.75, 3.05) is 0 Å². The molecule has 1 fully saturated rings. The molecule has 4 heteroatoms. The lowest BCUT2D eigenvalue weighted by molar-refractivity contribution is 0.109. The van der Waals surface area contributed by atoms with Gasteiger partial charge in [-0.15, -0.1) is 11.3 Å². The molecule has 0 spiro atoms. The van der Waals surface area contributed by atoms with Crippen LogP contribution in [0.25, 0.3) is 0 Å². The summed E-state index contributed by atoms with van der Waals surface area (Å²) >= 11 is 2.02. The molecule has 140 valence electrons. The fraction of sp³-hybridized carbons (Fsp3) is 0.478. The molecule has 0 saturated heterocycles. The molecular formula is C23H25NO2S. The van der Waals surface area contributed by atoms with E-state index in [1.807, 2.05) is 23.5 Å². The lowest BCUT2D eigenvalue weighted by Gasteiger charge is -2.38. The Labute approximate surface area is 164 Å². The molecule has 1 aliphatic heterocycles. The first kappa shape index (κ1) is 17.3. The molecule has 0 radical (unpaired) electrons. The van der Waals surface area contributed by atoms with Crippen LogP contribution in [0, 0.1) is 0 Å². The number of benzene rings is 1. The summed E-state index contributed by atoms with van der Waals surface area (Å²) in [6.07, 6.45) is 10.5. The Balaban J connectivity index is 1.59. The molecule has 27 heavy (non-hydrogen) atoms. The largest absolute Gasteiger partial charge is 0.309 e. The maximum atomic E-state index is 11.5. The van der Waals surface area contributed by atoms with Crippen molar-refractivity contribution < 1.29 is 9.59 Å². The molecule has 3 aliphatic rings. The summed E-state index contributed by atoms with van der Waals surface area (Å²) in [6.45, 7) is 0.960. The summed E-state index contributed by atoms with van der Waals surface area (Å²) in [5, 5.41) is 3.75. The minimum Gasteiger partial charge on any atom is -0.309 e. The summed E-state index contributed by atoms with van der Waals surface area (Å²) in [5.41, 5.74) is 5.00. The smallest absolute Gasteiger partial charge is 0.150 e. The number of hydrogen-bond donors (Lipinski definition) is 1. The van der Waals surface area contributed by atoms with Crippen LogP contribution in [-0.2, 0) is 13.0 Å². The topological polar surface area (TPSA) is 46.2 Å². The second kappa shape index (κ2) is 6.99. The average Bonchev–Trinajstić information content (AvgIpc) is 3.17. The highest BCUT2D eigenvalue weighted by Gasteiger charge is 2.37. The van der Waals surface area contributed by atoms with Gasteiger partial charge in [0.2, 0.25) is 0 Å². The van der Waals surface area contributed by atoms with Crippen LogP contribution in [0.4, 0.5) is 0 Å². The molecule has 0 bridgehead atoms. The van der Waals surface area contributed by atoms with Gasteiger partial charge < -0.3 is 5.32 Å². The van der Waals surface area contributed by atoms with Crippen molar-refractivity contribution in [1.29, 1.82) is 0 Å². The maximum Gasteiger partial charge on any atom is 0.150 e. The number of nitrogens with one attached hydrogen (secondary N) is 1. The van der Waals surface area contributed by atoms with Crippen LogP contribution in [0.1, 0.15) is 97.5 Å². The highest BCUT2D eigenvalue weighted by molar-refractivity contribution is 7.12. The number of aryl methyl sites for hydroxylation is 1. The van der Waals surface area contributed by atoms with E-state index in [1.165, 1.54) is 53.7 Å². The zero-order chi connectivity index (χ0) is 18.4. The number of hydrogen-bond acceptors (Lipinski definition) is 4. The standard InChI is InChI=1S/C23H25NO2S/c25-12-17-8-15-6-7-20-22(19(15)9-18(17)13-26)23-16(11-24-20)10-21(27-23)14-4-2-1-3-5-14/h8-10,12-14,20,22,24H,1-7,11H2/t20-,22-/m1/s1. The van der Waals surface area contributed by atoms with Crippen molar-refractivity contribution in [3.05, 3.63) is 55.8 Å². The van der Waals surface area contributed by atoms with Crippen molar-refractivity contribution in [3.63, 3.8) is 0 Å². The summed E-state index contributed by atoms with van der Waals surface area (Å²) in [4.78, 5) is 25.9. The van der Waals surface area contributed by atoms with Gasteiger partial charge in [0.15, 0.2) is 12.6 Å². The minimum atomic E-state index is 0.319. The van der Waals surface area contributed by atoms with Crippen molar-refractivity contribution in [3.8, 4) is 0 Å². The molecule has 2 atom stereocenters. The Morgan fingerprint density at radius 1 is 0.926 bits per heavy atom. The van der Waals surface area contributed by atoms with Crippen molar-refractivity contribution >= 4 is 23.9 Å². The minimum absolute atomic E-state index is 0.319. The van der Waals surface area contributed by atoms with Crippen LogP contribution >= 0.6 is 11.3 Å². The highest BCUT2D eigenvalue weighted by atomic mass is 32.1. The van der Waals surface area contributed by atoms with Gasteiger partial charge in [0.25, 0.3) is 0 Å². The molecule has 1 aromatic heterocycles. The Morgan fingerprint density at radius 2 is 1.70 bits per heavy atom. The molecule has 5 rings (SSSR count). The van der Waals surface area contributed by atoms with Gasteiger partial charge in [0, 0.05) is 39.4 Å². The van der Waals surface area contributed by atoms with E-state index in [4.69, 9.17) is 0 Å². The van der Waals surface area contributed by atoms with Crippen LogP contribution < -0.4 is 5.32 Å². The zero-order valence-corrected chi connectivity index (χ0v) is 16.3. The first-order chi connectivity index (χ1) is 13.3. The van der Waals surface area contributed by atoms with E-state index in [-0.39, 0.29) is 0 Å². The van der Waals surface area contributed by atoms with Gasteiger partial charge in [-0.05, 0) is 66.5 Å². The molecule has 2 heterocycles. The molecule has 3 nitrogen and oxygen atoms in total. The molecule has 1 N–H and O–H groups in total. The molecular weight excluding hydrogens is 354 g/mol. The second-order valence-corrected chi connectivity index (χ2v) is 9.41. The van der Waals surface area contributed by atoms with Gasteiger partial charge in [-0.25, -0.2) is 0 Å². The van der Waals surface area contributed by atoms with E-state index < -0.39 is 0 Å². The normalized spacial score (nSPS) is 24.6. The molecule has 0 unspecified atom stereocenters. The van der Waals surface area contributed by atoms with Crippen LogP contribution in [0.15, 0.2) is 18.2 Å². The molecule has 2 aliphatic carbocycles. The van der Waals surface area contributed by atoms with E-state index in [0.717, 1.165) is 37.9 Å². The summed E-state index contributed by atoms with van der Waals surface area (Å²) < 4.78 is 0. The number of thiophene rings is 1. The third kappa shape index (κ3) is 2.90. The Kier molecular flexibility index (Phi) is 4.49. The zero-order valence-electron chi connectivity index (χ0n) is 15.5. The lowest BCUT2D eigenvalue weighted by Crippen LogP contribution is -2.42. The predicted molar refractivity (Wildman–Crippen MR) is 108 cm³/mol. The van der Waals surface area contributed by atoms with Crippen LogP contribution in [0.5, 0.6) is 0 Å². The fourth-order valence-corrected chi connectivity index (χ4v) is 6.88. The molecule has 1 saturated carbocycles. The number of aldehydes is 2. The third-order valence-corrected chi connectivity index (χ3v) is 8.19.